The smallest absolute Gasteiger partial charge is 0.255 e. The first-order valence-corrected chi connectivity index (χ1v) is 15.4. The van der Waals surface area contributed by atoms with Gasteiger partial charge in [-0.15, -0.1) is 0 Å². The maximum Gasteiger partial charge on any atom is 0.255 e. The van der Waals surface area contributed by atoms with Crippen molar-refractivity contribution in [3.05, 3.63) is 83.4 Å². The second-order valence-electron chi connectivity index (χ2n) is 13.1. The van der Waals surface area contributed by atoms with Gasteiger partial charge in [0.05, 0.1) is 11.8 Å². The minimum absolute atomic E-state index is 0.0248. The van der Waals surface area contributed by atoms with Gasteiger partial charge in [0.15, 0.2) is 0 Å². The molecule has 1 saturated heterocycles. The third-order valence-corrected chi connectivity index (χ3v) is 9.91. The molecule has 0 spiro atoms. The van der Waals surface area contributed by atoms with Crippen LogP contribution in [0.25, 0.3) is 0 Å². The van der Waals surface area contributed by atoms with Crippen LogP contribution in [-0.4, -0.2) is 64.5 Å². The Bertz CT molecular complexity index is 1550. The number of nitrogens with one attached hydrogen (secondary N) is 1. The molecule has 1 aliphatic heterocycles. The molecule has 0 unspecified atom stereocenters. The fraction of sp³-hybridized carbons (Fsp3) is 0.429. The number of carbonyl (C=O) groups is 2. The molecular weight excluding hydrogens is 538 g/mol. The minimum atomic E-state index is -0.0686. The van der Waals surface area contributed by atoms with Crippen molar-refractivity contribution in [1.82, 2.24) is 20.2 Å². The number of hydrogen-bond donors (Lipinski definition) is 2. The van der Waals surface area contributed by atoms with Crippen LogP contribution >= 0.6 is 0 Å². The van der Waals surface area contributed by atoms with Gasteiger partial charge in [-0.05, 0) is 98.1 Å². The van der Waals surface area contributed by atoms with E-state index in [9.17, 15) is 14.7 Å². The molecule has 8 heteroatoms. The Morgan fingerprint density at radius 3 is 2.05 bits per heavy atom. The van der Waals surface area contributed by atoms with Crippen molar-refractivity contribution in [3.8, 4) is 17.6 Å². The number of rotatable bonds is 5. The number of piperazine rings is 1. The predicted octanol–water partition coefficient (Wildman–Crippen LogP) is 4.49. The first-order chi connectivity index (χ1) is 20.9. The summed E-state index contributed by atoms with van der Waals surface area (Å²) < 4.78 is 0. The second-order valence-corrected chi connectivity index (χ2v) is 13.1. The Kier molecular flexibility index (Phi) is 7.26. The number of amides is 2. The van der Waals surface area contributed by atoms with Crippen molar-refractivity contribution in [2.24, 2.45) is 23.2 Å². The van der Waals surface area contributed by atoms with E-state index >= 15 is 0 Å². The van der Waals surface area contributed by atoms with Crippen molar-refractivity contribution >= 4 is 17.5 Å². The predicted molar refractivity (Wildman–Crippen MR) is 164 cm³/mol. The van der Waals surface area contributed by atoms with Crippen LogP contribution in [0, 0.1) is 35.0 Å². The van der Waals surface area contributed by atoms with Crippen LogP contribution in [-0.2, 0) is 0 Å². The molecule has 5 fully saturated rings. The molecule has 4 aliphatic carbocycles. The molecule has 3 aromatic rings. The summed E-state index contributed by atoms with van der Waals surface area (Å²) in [5.74, 6) is 8.60. The molecule has 2 amide bonds. The average molecular weight is 576 g/mol. The first-order valence-electron chi connectivity index (χ1n) is 15.4. The number of aromatic nitrogens is 2. The van der Waals surface area contributed by atoms with Gasteiger partial charge in [-0.2, -0.15) is 0 Å². The summed E-state index contributed by atoms with van der Waals surface area (Å²) >= 11 is 0. The summed E-state index contributed by atoms with van der Waals surface area (Å²) in [5, 5.41) is 12.9. The Labute approximate surface area is 252 Å². The zero-order valence-electron chi connectivity index (χ0n) is 24.3. The molecule has 8 rings (SSSR count). The molecule has 220 valence electrons. The third-order valence-electron chi connectivity index (χ3n) is 9.91. The topological polar surface area (TPSA) is 98.7 Å². The SMILES string of the molecule is O=C(NCC12CC3CC(CC(C3)C1)C2)c1ccc(N2CCN(C(=O)c3cncc(C#Cc4cncc(O)c4)c3)CC2)cc1. The van der Waals surface area contributed by atoms with Gasteiger partial charge < -0.3 is 20.2 Å². The number of benzene rings is 1. The summed E-state index contributed by atoms with van der Waals surface area (Å²) in [5.41, 5.74) is 3.80. The maximum absolute atomic E-state index is 13.2. The fourth-order valence-electron chi connectivity index (χ4n) is 8.32. The van der Waals surface area contributed by atoms with E-state index in [4.69, 9.17) is 0 Å². The largest absolute Gasteiger partial charge is 0.506 e. The van der Waals surface area contributed by atoms with Crippen LogP contribution in [0.3, 0.4) is 0 Å². The first kappa shape index (κ1) is 27.5. The zero-order chi connectivity index (χ0) is 29.4. The van der Waals surface area contributed by atoms with Crippen molar-refractivity contribution in [2.45, 2.75) is 38.5 Å². The highest BCUT2D eigenvalue weighted by molar-refractivity contribution is 5.95. The third kappa shape index (κ3) is 5.94. The molecule has 1 aromatic carbocycles. The summed E-state index contributed by atoms with van der Waals surface area (Å²) in [4.78, 5) is 38.5. The van der Waals surface area contributed by atoms with Gasteiger partial charge in [0.1, 0.15) is 5.75 Å². The summed E-state index contributed by atoms with van der Waals surface area (Å²) in [6.07, 6.45) is 14.2. The van der Waals surface area contributed by atoms with Gasteiger partial charge in [0, 0.05) is 73.7 Å². The molecule has 3 heterocycles. The van der Waals surface area contributed by atoms with E-state index in [0.29, 0.717) is 53.8 Å². The lowest BCUT2D eigenvalue weighted by atomic mass is 9.49. The van der Waals surface area contributed by atoms with Crippen LogP contribution in [0.2, 0.25) is 0 Å². The Hall–Kier alpha value is -4.38. The van der Waals surface area contributed by atoms with Crippen molar-refractivity contribution in [2.75, 3.05) is 37.6 Å². The van der Waals surface area contributed by atoms with Crippen molar-refractivity contribution in [3.63, 3.8) is 0 Å². The van der Waals surface area contributed by atoms with Gasteiger partial charge in [0.2, 0.25) is 0 Å². The standard InChI is InChI=1S/C35H37N5O3/c41-32-15-25(20-37-22-32)2-1-24-14-30(21-36-19-24)34(43)40-9-7-39(8-10-40)31-5-3-29(4-6-31)33(42)38-23-35-16-26-11-27(17-35)13-28(12-26)18-35/h3-6,14-15,19-22,26-28,41H,7-13,16-18,23H2,(H,38,42). The van der Waals surface area contributed by atoms with E-state index in [1.54, 1.807) is 24.7 Å². The molecular formula is C35H37N5O3. The van der Waals surface area contributed by atoms with Gasteiger partial charge in [-0.3, -0.25) is 19.6 Å². The van der Waals surface area contributed by atoms with E-state index in [-0.39, 0.29) is 17.6 Å². The van der Waals surface area contributed by atoms with E-state index in [1.165, 1.54) is 50.8 Å². The van der Waals surface area contributed by atoms with Gasteiger partial charge in [-0.25, -0.2) is 0 Å². The Morgan fingerprint density at radius 1 is 0.814 bits per heavy atom. The summed E-state index contributed by atoms with van der Waals surface area (Å²) in [6.45, 7) is 3.42. The highest BCUT2D eigenvalue weighted by Crippen LogP contribution is 2.59. The van der Waals surface area contributed by atoms with Crippen LogP contribution in [0.1, 0.15) is 70.4 Å². The van der Waals surface area contributed by atoms with E-state index in [0.717, 1.165) is 30.0 Å². The molecule has 2 N–H and O–H groups in total. The van der Waals surface area contributed by atoms with Crippen LogP contribution in [0.4, 0.5) is 5.69 Å². The van der Waals surface area contributed by atoms with Crippen molar-refractivity contribution in [1.29, 1.82) is 0 Å². The van der Waals surface area contributed by atoms with Gasteiger partial charge in [-0.1, -0.05) is 11.8 Å². The molecule has 5 aliphatic rings. The quantitative estimate of drug-likeness (QED) is 0.435. The lowest BCUT2D eigenvalue weighted by molar-refractivity contribution is -0.0503. The summed E-state index contributed by atoms with van der Waals surface area (Å²) in [6, 6.07) is 11.2. The lowest BCUT2D eigenvalue weighted by Gasteiger charge is -2.56. The van der Waals surface area contributed by atoms with Crippen LogP contribution < -0.4 is 10.2 Å². The lowest BCUT2D eigenvalue weighted by Crippen LogP contribution is -2.51. The average Bonchev–Trinajstić information content (AvgIpc) is 3.02. The number of hydrogen-bond acceptors (Lipinski definition) is 6. The number of aromatic hydroxyl groups is 1. The maximum atomic E-state index is 13.2. The Balaban J connectivity index is 0.918. The minimum Gasteiger partial charge on any atom is -0.506 e. The van der Waals surface area contributed by atoms with E-state index in [1.807, 2.05) is 29.2 Å². The molecule has 2 aromatic heterocycles. The zero-order valence-corrected chi connectivity index (χ0v) is 24.3. The number of anilines is 1. The highest BCUT2D eigenvalue weighted by Gasteiger charge is 2.50. The van der Waals surface area contributed by atoms with Crippen molar-refractivity contribution < 1.29 is 14.7 Å². The van der Waals surface area contributed by atoms with E-state index in [2.05, 4.69) is 32.0 Å². The van der Waals surface area contributed by atoms with Crippen LogP contribution in [0.5, 0.6) is 5.75 Å². The number of nitrogens with zero attached hydrogens (tertiary/aromatic N) is 4. The summed E-state index contributed by atoms with van der Waals surface area (Å²) in [7, 11) is 0. The van der Waals surface area contributed by atoms with Gasteiger partial charge in [0.25, 0.3) is 11.8 Å². The molecule has 0 radical (unpaired) electrons. The monoisotopic (exact) mass is 575 g/mol. The number of carbonyl (C=O) groups excluding carboxylic acids is 2. The van der Waals surface area contributed by atoms with Gasteiger partial charge >= 0.3 is 0 Å². The fourth-order valence-corrected chi connectivity index (χ4v) is 8.32. The normalized spacial score (nSPS) is 25.6. The molecule has 4 saturated carbocycles. The number of pyridine rings is 2. The van der Waals surface area contributed by atoms with E-state index < -0.39 is 0 Å². The Morgan fingerprint density at radius 2 is 1.42 bits per heavy atom. The molecule has 4 bridgehead atoms. The highest BCUT2D eigenvalue weighted by atomic mass is 16.3. The molecule has 8 nitrogen and oxygen atoms in total. The second kappa shape index (κ2) is 11.4. The molecule has 43 heavy (non-hydrogen) atoms. The van der Waals surface area contributed by atoms with Crippen LogP contribution in [0.15, 0.2) is 61.2 Å². The molecule has 0 atom stereocenters.